The molecule has 0 aliphatic carbocycles. The van der Waals surface area contributed by atoms with E-state index in [1.807, 2.05) is 24.3 Å². The van der Waals surface area contributed by atoms with Crippen molar-refractivity contribution in [3.05, 3.63) is 87.0 Å². The van der Waals surface area contributed by atoms with E-state index in [2.05, 4.69) is 30.1 Å². The maximum atomic E-state index is 11.0. The van der Waals surface area contributed by atoms with Crippen molar-refractivity contribution in [3.63, 3.8) is 0 Å². The predicted octanol–water partition coefficient (Wildman–Crippen LogP) is 5.60. The molecule has 1 unspecified atom stereocenters. The second kappa shape index (κ2) is 10.8. The van der Waals surface area contributed by atoms with Crippen molar-refractivity contribution in [2.45, 2.75) is 26.3 Å². The first-order valence-electron chi connectivity index (χ1n) is 11.6. The summed E-state index contributed by atoms with van der Waals surface area (Å²) < 4.78 is 17.2. The lowest BCUT2D eigenvalue weighted by Gasteiger charge is -2.39. The normalized spacial score (nSPS) is 14.6. The monoisotopic (exact) mass is 507 g/mol. The molecular formula is C27H29N3O5S. The average molecular weight is 508 g/mol. The SMILES string of the molecule is COc1cc2c(cc1OC)C(COc1ccc([N+](=O)[O-])cc1)N(C(=S)Nc1cccc(C)c1C)CC2. The lowest BCUT2D eigenvalue weighted by atomic mass is 9.92. The Bertz CT molecular complexity index is 1280. The summed E-state index contributed by atoms with van der Waals surface area (Å²) >= 11 is 5.88. The lowest BCUT2D eigenvalue weighted by molar-refractivity contribution is -0.384. The van der Waals surface area contributed by atoms with Gasteiger partial charge in [-0.15, -0.1) is 0 Å². The van der Waals surface area contributed by atoms with Gasteiger partial charge in [0.15, 0.2) is 16.6 Å². The molecule has 0 fully saturated rings. The third-order valence-corrected chi connectivity index (χ3v) is 6.90. The fourth-order valence-corrected chi connectivity index (χ4v) is 4.69. The second-order valence-electron chi connectivity index (χ2n) is 8.60. The van der Waals surface area contributed by atoms with Gasteiger partial charge in [-0.05, 0) is 85.1 Å². The Morgan fingerprint density at radius 2 is 1.81 bits per heavy atom. The van der Waals surface area contributed by atoms with E-state index in [4.69, 9.17) is 26.4 Å². The molecule has 0 aromatic heterocycles. The molecule has 3 aromatic carbocycles. The smallest absolute Gasteiger partial charge is 0.269 e. The Hall–Kier alpha value is -3.85. The Balaban J connectivity index is 1.65. The number of nitro groups is 1. The van der Waals surface area contributed by atoms with Crippen LogP contribution in [0.15, 0.2) is 54.6 Å². The molecule has 1 atom stereocenters. The molecule has 9 heteroatoms. The van der Waals surface area contributed by atoms with Crippen LogP contribution in [0.4, 0.5) is 11.4 Å². The van der Waals surface area contributed by atoms with E-state index in [1.165, 1.54) is 17.7 Å². The van der Waals surface area contributed by atoms with Gasteiger partial charge in [0.25, 0.3) is 5.69 Å². The van der Waals surface area contributed by atoms with Gasteiger partial charge in [0.2, 0.25) is 0 Å². The molecule has 3 aromatic rings. The van der Waals surface area contributed by atoms with Crippen LogP contribution in [0.3, 0.4) is 0 Å². The van der Waals surface area contributed by atoms with E-state index in [-0.39, 0.29) is 18.3 Å². The van der Waals surface area contributed by atoms with Crippen molar-refractivity contribution in [1.29, 1.82) is 0 Å². The summed E-state index contributed by atoms with van der Waals surface area (Å²) in [4.78, 5) is 12.7. The third kappa shape index (κ3) is 5.21. The number of nitro benzene ring substituents is 1. The first-order chi connectivity index (χ1) is 17.3. The molecule has 1 aliphatic rings. The Morgan fingerprint density at radius 3 is 2.47 bits per heavy atom. The standard InChI is InChI=1S/C27H29N3O5S/c1-17-6-5-7-23(18(17)2)28-27(36)29-13-12-19-14-25(33-3)26(34-4)15-22(19)24(29)16-35-21-10-8-20(9-11-21)30(31)32/h5-11,14-15,24H,12-13,16H2,1-4H3,(H,28,36). The fraction of sp³-hybridized carbons (Fsp3) is 0.296. The van der Waals surface area contributed by atoms with Crippen molar-refractivity contribution in [2.24, 2.45) is 0 Å². The highest BCUT2D eigenvalue weighted by molar-refractivity contribution is 7.80. The molecule has 1 heterocycles. The summed E-state index contributed by atoms with van der Waals surface area (Å²) in [7, 11) is 3.23. The van der Waals surface area contributed by atoms with Crippen molar-refractivity contribution < 1.29 is 19.1 Å². The number of thiocarbonyl (C=S) groups is 1. The highest BCUT2D eigenvalue weighted by Crippen LogP contribution is 2.39. The number of fused-ring (bicyclic) bond motifs is 1. The first kappa shape index (κ1) is 25.2. The Labute approximate surface area is 215 Å². The number of rotatable bonds is 7. The molecular weight excluding hydrogens is 478 g/mol. The number of nitrogens with zero attached hydrogens (tertiary/aromatic N) is 2. The maximum absolute atomic E-state index is 11.0. The number of hydrogen-bond donors (Lipinski definition) is 1. The number of hydrogen-bond acceptors (Lipinski definition) is 6. The lowest BCUT2D eigenvalue weighted by Crippen LogP contribution is -2.44. The molecule has 188 valence electrons. The molecule has 0 saturated carbocycles. The van der Waals surface area contributed by atoms with E-state index < -0.39 is 4.92 Å². The summed E-state index contributed by atoms with van der Waals surface area (Å²) in [5, 5.41) is 15.0. The zero-order valence-electron chi connectivity index (χ0n) is 20.7. The highest BCUT2D eigenvalue weighted by atomic mass is 32.1. The number of non-ortho nitro benzene ring substituents is 1. The molecule has 36 heavy (non-hydrogen) atoms. The van der Waals surface area contributed by atoms with Crippen molar-refractivity contribution in [1.82, 2.24) is 4.90 Å². The van der Waals surface area contributed by atoms with Crippen LogP contribution in [-0.2, 0) is 6.42 Å². The zero-order valence-corrected chi connectivity index (χ0v) is 21.6. The van der Waals surface area contributed by atoms with E-state index >= 15 is 0 Å². The summed E-state index contributed by atoms with van der Waals surface area (Å²) in [6, 6.07) is 15.9. The molecule has 0 amide bonds. The van der Waals surface area contributed by atoms with Crippen molar-refractivity contribution >= 4 is 28.7 Å². The van der Waals surface area contributed by atoms with Gasteiger partial charge in [-0.1, -0.05) is 12.1 Å². The number of benzene rings is 3. The summed E-state index contributed by atoms with van der Waals surface area (Å²) in [6.45, 7) is 5.11. The van der Waals surface area contributed by atoms with E-state index in [0.29, 0.717) is 28.9 Å². The van der Waals surface area contributed by atoms with Gasteiger partial charge >= 0.3 is 0 Å². The second-order valence-corrected chi connectivity index (χ2v) is 8.99. The molecule has 4 rings (SSSR count). The van der Waals surface area contributed by atoms with E-state index in [9.17, 15) is 10.1 Å². The van der Waals surface area contributed by atoms with E-state index in [1.54, 1.807) is 26.4 Å². The third-order valence-electron chi connectivity index (χ3n) is 6.57. The van der Waals surface area contributed by atoms with Gasteiger partial charge < -0.3 is 24.4 Å². The molecule has 1 N–H and O–H groups in total. The zero-order chi connectivity index (χ0) is 25.8. The van der Waals surface area contributed by atoms with Gasteiger partial charge in [0.05, 0.1) is 25.2 Å². The average Bonchev–Trinajstić information content (AvgIpc) is 2.89. The minimum Gasteiger partial charge on any atom is -0.493 e. The van der Waals surface area contributed by atoms with Crippen LogP contribution in [0, 0.1) is 24.0 Å². The quantitative estimate of drug-likeness (QED) is 0.251. The molecule has 0 bridgehead atoms. The van der Waals surface area contributed by atoms with Crippen LogP contribution < -0.4 is 19.5 Å². The fourth-order valence-electron chi connectivity index (χ4n) is 4.36. The summed E-state index contributed by atoms with van der Waals surface area (Å²) in [5.74, 6) is 1.85. The Morgan fingerprint density at radius 1 is 1.11 bits per heavy atom. The maximum Gasteiger partial charge on any atom is 0.269 e. The van der Waals surface area contributed by atoms with Crippen LogP contribution in [0.1, 0.15) is 28.3 Å². The topological polar surface area (TPSA) is 86.1 Å². The molecule has 0 saturated heterocycles. The number of methoxy groups -OCH3 is 2. The van der Waals surface area contributed by atoms with Gasteiger partial charge in [-0.3, -0.25) is 10.1 Å². The first-order valence-corrected chi connectivity index (χ1v) is 12.0. The molecule has 1 aliphatic heterocycles. The minimum atomic E-state index is -0.431. The minimum absolute atomic E-state index is 0.0164. The number of aryl methyl sites for hydroxylation is 1. The summed E-state index contributed by atoms with van der Waals surface area (Å²) in [6.07, 6.45) is 0.776. The van der Waals surface area contributed by atoms with Gasteiger partial charge in [-0.25, -0.2) is 0 Å². The van der Waals surface area contributed by atoms with Crippen LogP contribution in [0.5, 0.6) is 17.2 Å². The van der Waals surface area contributed by atoms with Crippen LogP contribution in [-0.4, -0.2) is 42.3 Å². The molecule has 0 radical (unpaired) electrons. The van der Waals surface area contributed by atoms with Crippen molar-refractivity contribution in [2.75, 3.05) is 32.7 Å². The molecule has 8 nitrogen and oxygen atoms in total. The molecule has 0 spiro atoms. The largest absolute Gasteiger partial charge is 0.493 e. The van der Waals surface area contributed by atoms with Crippen molar-refractivity contribution in [3.8, 4) is 17.2 Å². The predicted molar refractivity (Wildman–Crippen MR) is 143 cm³/mol. The van der Waals surface area contributed by atoms with Gasteiger partial charge in [0, 0.05) is 24.4 Å². The number of anilines is 1. The summed E-state index contributed by atoms with van der Waals surface area (Å²) in [5.41, 5.74) is 5.47. The van der Waals surface area contributed by atoms with Crippen LogP contribution in [0.25, 0.3) is 0 Å². The Kier molecular flexibility index (Phi) is 7.59. The number of ether oxygens (including phenoxy) is 3. The van der Waals surface area contributed by atoms with E-state index in [0.717, 1.165) is 28.8 Å². The van der Waals surface area contributed by atoms with Gasteiger partial charge in [0.1, 0.15) is 12.4 Å². The van der Waals surface area contributed by atoms with Gasteiger partial charge in [-0.2, -0.15) is 0 Å². The van der Waals surface area contributed by atoms with Crippen LogP contribution >= 0.6 is 12.2 Å². The number of nitrogens with one attached hydrogen (secondary N) is 1. The highest BCUT2D eigenvalue weighted by Gasteiger charge is 2.31. The van der Waals surface area contributed by atoms with Crippen LogP contribution in [0.2, 0.25) is 0 Å².